The average molecular weight is 435 g/mol. The number of halogens is 1. The van der Waals surface area contributed by atoms with Gasteiger partial charge in [0, 0.05) is 5.88 Å². The zero-order valence-electron chi connectivity index (χ0n) is 17.0. The molecule has 1 heterocycles. The van der Waals surface area contributed by atoms with E-state index >= 15 is 0 Å². The van der Waals surface area contributed by atoms with E-state index in [1.165, 1.54) is 0 Å². The van der Waals surface area contributed by atoms with Gasteiger partial charge < -0.3 is 10.1 Å². The van der Waals surface area contributed by atoms with Crippen molar-refractivity contribution in [2.24, 2.45) is 0 Å². The second-order valence-electron chi connectivity index (χ2n) is 7.28. The number of fused-ring (bicyclic) bond motifs is 2. The van der Waals surface area contributed by atoms with E-state index in [0.29, 0.717) is 35.1 Å². The van der Waals surface area contributed by atoms with E-state index in [2.05, 4.69) is 5.32 Å². The molecular formula is C25H23ClN2O3. The summed E-state index contributed by atoms with van der Waals surface area (Å²) in [6.07, 6.45) is 2.03. The van der Waals surface area contributed by atoms with E-state index in [9.17, 15) is 9.59 Å². The first-order chi connectivity index (χ1) is 15.2. The van der Waals surface area contributed by atoms with Gasteiger partial charge in [-0.3, -0.25) is 14.5 Å². The van der Waals surface area contributed by atoms with Crippen LogP contribution in [0.1, 0.15) is 28.8 Å². The molecule has 1 aliphatic rings. The molecule has 0 atom stereocenters. The van der Waals surface area contributed by atoms with Crippen LogP contribution in [0.3, 0.4) is 0 Å². The SMILES string of the molecule is O=C1Nc2ccccc2N(C(=O)Cc2ccc(OCCCCCl)cc2)c2ccccc21. The molecule has 0 aromatic heterocycles. The highest BCUT2D eigenvalue weighted by Gasteiger charge is 2.28. The monoisotopic (exact) mass is 434 g/mol. The molecule has 3 aromatic carbocycles. The van der Waals surface area contributed by atoms with Gasteiger partial charge in [-0.1, -0.05) is 36.4 Å². The Kier molecular flexibility index (Phi) is 6.53. The van der Waals surface area contributed by atoms with E-state index in [4.69, 9.17) is 16.3 Å². The minimum Gasteiger partial charge on any atom is -0.494 e. The third-order valence-corrected chi connectivity index (χ3v) is 5.37. The maximum absolute atomic E-state index is 13.4. The van der Waals surface area contributed by atoms with E-state index in [1.807, 2.05) is 48.5 Å². The predicted octanol–water partition coefficient (Wildman–Crippen LogP) is 5.56. The summed E-state index contributed by atoms with van der Waals surface area (Å²) in [4.78, 5) is 27.7. The molecular weight excluding hydrogens is 412 g/mol. The second kappa shape index (κ2) is 9.67. The second-order valence-corrected chi connectivity index (χ2v) is 7.66. The number of benzene rings is 3. The number of hydrogen-bond acceptors (Lipinski definition) is 3. The summed E-state index contributed by atoms with van der Waals surface area (Å²) >= 11 is 5.68. The standard InChI is InChI=1S/C25H23ClN2O3/c26-15-5-6-16-31-19-13-11-18(12-14-19)17-24(29)28-22-9-3-1-7-20(22)25(30)27-21-8-2-4-10-23(21)28/h1-4,7-14H,5-6,15-17H2,(H,27,30). The lowest BCUT2D eigenvalue weighted by atomic mass is 10.1. The molecule has 0 saturated carbocycles. The summed E-state index contributed by atoms with van der Waals surface area (Å²) in [6, 6.07) is 22.0. The van der Waals surface area contributed by atoms with Crippen molar-refractivity contribution in [2.75, 3.05) is 22.7 Å². The summed E-state index contributed by atoms with van der Waals surface area (Å²) in [5.74, 6) is 1.06. The molecule has 0 spiro atoms. The fourth-order valence-electron chi connectivity index (χ4n) is 3.57. The molecule has 31 heavy (non-hydrogen) atoms. The molecule has 1 aliphatic heterocycles. The van der Waals surface area contributed by atoms with Gasteiger partial charge in [0.25, 0.3) is 5.91 Å². The molecule has 0 fully saturated rings. The number of carbonyl (C=O) groups excluding carboxylic acids is 2. The highest BCUT2D eigenvalue weighted by molar-refractivity contribution is 6.18. The van der Waals surface area contributed by atoms with E-state index < -0.39 is 0 Å². The Hall–Kier alpha value is -3.31. The number of alkyl halides is 1. The number of para-hydroxylation sites is 3. The van der Waals surface area contributed by atoms with Gasteiger partial charge in [-0.25, -0.2) is 0 Å². The molecule has 2 amide bonds. The van der Waals surface area contributed by atoms with Crippen molar-refractivity contribution < 1.29 is 14.3 Å². The number of ether oxygens (including phenoxy) is 1. The van der Waals surface area contributed by atoms with Crippen molar-refractivity contribution in [3.05, 3.63) is 83.9 Å². The number of carbonyl (C=O) groups is 2. The first kappa shape index (κ1) is 20.9. The average Bonchev–Trinajstić information content (AvgIpc) is 2.92. The molecule has 0 saturated heterocycles. The summed E-state index contributed by atoms with van der Waals surface area (Å²) in [7, 11) is 0. The summed E-state index contributed by atoms with van der Waals surface area (Å²) in [5, 5.41) is 2.91. The first-order valence-corrected chi connectivity index (χ1v) is 10.8. The smallest absolute Gasteiger partial charge is 0.257 e. The zero-order valence-corrected chi connectivity index (χ0v) is 17.8. The molecule has 0 aliphatic carbocycles. The molecule has 6 heteroatoms. The van der Waals surface area contributed by atoms with E-state index in [-0.39, 0.29) is 18.2 Å². The van der Waals surface area contributed by atoms with Crippen LogP contribution < -0.4 is 15.0 Å². The Labute approximate surface area is 186 Å². The third-order valence-electron chi connectivity index (χ3n) is 5.11. The van der Waals surface area contributed by atoms with Crippen LogP contribution in [-0.4, -0.2) is 24.3 Å². The molecule has 0 unspecified atom stereocenters. The van der Waals surface area contributed by atoms with Gasteiger partial charge in [-0.2, -0.15) is 0 Å². The summed E-state index contributed by atoms with van der Waals surface area (Å²) < 4.78 is 5.71. The van der Waals surface area contributed by atoms with Crippen molar-refractivity contribution in [3.8, 4) is 5.75 Å². The zero-order chi connectivity index (χ0) is 21.6. The fourth-order valence-corrected chi connectivity index (χ4v) is 3.76. The predicted molar refractivity (Wildman–Crippen MR) is 124 cm³/mol. The van der Waals surface area contributed by atoms with Gasteiger partial charge in [-0.15, -0.1) is 11.6 Å². The van der Waals surface area contributed by atoms with Crippen LogP contribution in [-0.2, 0) is 11.2 Å². The van der Waals surface area contributed by atoms with Crippen molar-refractivity contribution in [3.63, 3.8) is 0 Å². The normalized spacial score (nSPS) is 12.4. The van der Waals surface area contributed by atoms with E-state index in [0.717, 1.165) is 24.2 Å². The van der Waals surface area contributed by atoms with Crippen LogP contribution in [0.4, 0.5) is 17.1 Å². The van der Waals surface area contributed by atoms with Crippen LogP contribution in [0.2, 0.25) is 0 Å². The van der Waals surface area contributed by atoms with Crippen LogP contribution >= 0.6 is 11.6 Å². The van der Waals surface area contributed by atoms with E-state index in [1.54, 1.807) is 29.2 Å². The van der Waals surface area contributed by atoms with Crippen LogP contribution in [0.15, 0.2) is 72.8 Å². The number of unbranched alkanes of at least 4 members (excludes halogenated alkanes) is 1. The van der Waals surface area contributed by atoms with Crippen molar-refractivity contribution in [1.82, 2.24) is 0 Å². The molecule has 0 radical (unpaired) electrons. The number of nitrogens with one attached hydrogen (secondary N) is 1. The van der Waals surface area contributed by atoms with Gasteiger partial charge in [0.2, 0.25) is 5.91 Å². The Morgan fingerprint density at radius 2 is 1.61 bits per heavy atom. The van der Waals surface area contributed by atoms with Crippen molar-refractivity contribution in [1.29, 1.82) is 0 Å². The minimum atomic E-state index is -0.228. The Morgan fingerprint density at radius 1 is 0.903 bits per heavy atom. The number of rotatable bonds is 7. The number of anilines is 3. The third kappa shape index (κ3) is 4.72. The van der Waals surface area contributed by atoms with Gasteiger partial charge >= 0.3 is 0 Å². The number of amides is 2. The molecule has 158 valence electrons. The lowest BCUT2D eigenvalue weighted by Gasteiger charge is -2.24. The summed E-state index contributed by atoms with van der Waals surface area (Å²) in [6.45, 7) is 0.618. The quantitative estimate of drug-likeness (QED) is 0.391. The topological polar surface area (TPSA) is 58.6 Å². The molecule has 0 bridgehead atoms. The van der Waals surface area contributed by atoms with Crippen LogP contribution in [0, 0.1) is 0 Å². The molecule has 1 N–H and O–H groups in total. The van der Waals surface area contributed by atoms with Gasteiger partial charge in [0.1, 0.15) is 5.75 Å². The molecule has 3 aromatic rings. The maximum atomic E-state index is 13.4. The highest BCUT2D eigenvalue weighted by Crippen LogP contribution is 2.38. The van der Waals surface area contributed by atoms with Crippen molar-refractivity contribution in [2.45, 2.75) is 19.3 Å². The maximum Gasteiger partial charge on any atom is 0.257 e. The van der Waals surface area contributed by atoms with Crippen LogP contribution in [0.25, 0.3) is 0 Å². The fraction of sp³-hybridized carbons (Fsp3) is 0.200. The van der Waals surface area contributed by atoms with Gasteiger partial charge in [0.15, 0.2) is 0 Å². The lowest BCUT2D eigenvalue weighted by Crippen LogP contribution is -2.28. The van der Waals surface area contributed by atoms with Gasteiger partial charge in [-0.05, 0) is 54.8 Å². The lowest BCUT2D eigenvalue weighted by molar-refractivity contribution is -0.117. The highest BCUT2D eigenvalue weighted by atomic mass is 35.5. The Morgan fingerprint density at radius 3 is 2.39 bits per heavy atom. The largest absolute Gasteiger partial charge is 0.494 e. The number of nitrogens with zero attached hydrogens (tertiary/aromatic N) is 1. The Balaban J connectivity index is 1.57. The first-order valence-electron chi connectivity index (χ1n) is 10.3. The summed E-state index contributed by atoms with van der Waals surface area (Å²) in [5.41, 5.74) is 3.18. The molecule has 4 rings (SSSR count). The van der Waals surface area contributed by atoms with Crippen molar-refractivity contribution >= 4 is 40.5 Å². The van der Waals surface area contributed by atoms with Gasteiger partial charge in [0.05, 0.1) is 35.7 Å². The van der Waals surface area contributed by atoms with Crippen LogP contribution in [0.5, 0.6) is 5.75 Å². The minimum absolute atomic E-state index is 0.118. The Bertz CT molecular complexity index is 1080. The molecule has 5 nitrogen and oxygen atoms in total. The number of hydrogen-bond donors (Lipinski definition) is 1.